The van der Waals surface area contributed by atoms with Crippen LogP contribution in [-0.2, 0) is 4.79 Å². The number of nitrogens with zero attached hydrogens (tertiary/aromatic N) is 1. The van der Waals surface area contributed by atoms with Gasteiger partial charge in [-0.05, 0) is 36.3 Å². The van der Waals surface area contributed by atoms with E-state index in [0.717, 1.165) is 0 Å². The number of hydrogen-bond donors (Lipinski definition) is 1. The van der Waals surface area contributed by atoms with Gasteiger partial charge in [0, 0.05) is 12.1 Å². The third-order valence-electron chi connectivity index (χ3n) is 3.80. The molecule has 3 rings (SSSR count). The monoisotopic (exact) mass is 382 g/mol. The van der Waals surface area contributed by atoms with Crippen molar-refractivity contribution in [2.45, 2.75) is 11.9 Å². The Balaban J connectivity index is 1.90. The van der Waals surface area contributed by atoms with Crippen molar-refractivity contribution in [1.29, 1.82) is 0 Å². The molecule has 3 nitrogen and oxygen atoms in total. The molecule has 0 radical (unpaired) electrons. The van der Waals surface area contributed by atoms with Crippen molar-refractivity contribution in [3.8, 4) is 11.1 Å². The lowest BCUT2D eigenvalue weighted by atomic mass is 10.0. The van der Waals surface area contributed by atoms with E-state index >= 15 is 0 Å². The number of hydrogen-bond acceptors (Lipinski definition) is 3. The fourth-order valence-electron chi connectivity index (χ4n) is 2.66. The van der Waals surface area contributed by atoms with Gasteiger partial charge >= 0.3 is 5.51 Å². The third-order valence-corrected chi connectivity index (χ3v) is 4.35. The van der Waals surface area contributed by atoms with Crippen LogP contribution in [0.4, 0.5) is 28.9 Å². The van der Waals surface area contributed by atoms with Crippen LogP contribution < -0.4 is 9.62 Å². The molecule has 1 amide bonds. The van der Waals surface area contributed by atoms with Gasteiger partial charge in [-0.15, -0.1) is 0 Å². The van der Waals surface area contributed by atoms with Crippen LogP contribution in [0.2, 0.25) is 0 Å². The lowest BCUT2D eigenvalue weighted by Crippen LogP contribution is -2.33. The first kappa shape index (κ1) is 18.3. The number of halogens is 4. The molecule has 1 heterocycles. The molecule has 0 saturated heterocycles. The summed E-state index contributed by atoms with van der Waals surface area (Å²) in [6.07, 6.45) is 3.75. The van der Waals surface area contributed by atoms with Crippen LogP contribution in [0.25, 0.3) is 11.1 Å². The summed E-state index contributed by atoms with van der Waals surface area (Å²) in [6, 6.07) is 10.6. The van der Waals surface area contributed by atoms with Gasteiger partial charge in [-0.25, -0.2) is 4.39 Å². The molecule has 0 aliphatic carbocycles. The maximum Gasteiger partial charge on any atom is 0.461 e. The summed E-state index contributed by atoms with van der Waals surface area (Å²) in [5.74, 6) is -0.907. The zero-order valence-corrected chi connectivity index (χ0v) is 14.2. The minimum atomic E-state index is -4.44. The van der Waals surface area contributed by atoms with E-state index in [1.165, 1.54) is 29.2 Å². The maximum atomic E-state index is 14.6. The SMILES string of the molecule is O=C1C=CCCN1c1ccc(-c2ccccc2NSC(F)(F)F)cc1F. The predicted molar refractivity (Wildman–Crippen MR) is 95.2 cm³/mol. The highest BCUT2D eigenvalue weighted by atomic mass is 32.2. The quantitative estimate of drug-likeness (QED) is 0.570. The Morgan fingerprint density at radius 1 is 1.12 bits per heavy atom. The molecule has 0 aromatic heterocycles. The van der Waals surface area contributed by atoms with Crippen molar-refractivity contribution in [2.24, 2.45) is 0 Å². The van der Waals surface area contributed by atoms with Gasteiger partial charge in [0.1, 0.15) is 5.82 Å². The number of anilines is 2. The number of carbonyl (C=O) groups is 1. The van der Waals surface area contributed by atoms with E-state index in [9.17, 15) is 22.4 Å². The van der Waals surface area contributed by atoms with E-state index in [2.05, 4.69) is 4.72 Å². The molecule has 0 bridgehead atoms. The minimum absolute atomic E-state index is 0.151. The number of rotatable bonds is 4. The van der Waals surface area contributed by atoms with E-state index in [4.69, 9.17) is 0 Å². The topological polar surface area (TPSA) is 32.3 Å². The second-order valence-electron chi connectivity index (χ2n) is 5.54. The number of carbonyl (C=O) groups excluding carboxylic acids is 1. The van der Waals surface area contributed by atoms with Crippen LogP contribution in [0.5, 0.6) is 0 Å². The molecule has 26 heavy (non-hydrogen) atoms. The van der Waals surface area contributed by atoms with Crippen molar-refractivity contribution >= 4 is 29.2 Å². The summed E-state index contributed by atoms with van der Waals surface area (Å²) in [5, 5.41) is 0. The fourth-order valence-corrected chi connectivity index (χ4v) is 3.06. The van der Waals surface area contributed by atoms with Crippen molar-refractivity contribution < 1.29 is 22.4 Å². The molecule has 0 unspecified atom stereocenters. The number of benzene rings is 2. The Kier molecular flexibility index (Phi) is 5.22. The molecule has 0 fully saturated rings. The van der Waals surface area contributed by atoms with Crippen molar-refractivity contribution in [1.82, 2.24) is 0 Å². The first-order chi connectivity index (χ1) is 12.3. The van der Waals surface area contributed by atoms with Gasteiger partial charge in [-0.2, -0.15) is 13.2 Å². The van der Waals surface area contributed by atoms with Gasteiger partial charge in [-0.3, -0.25) is 4.79 Å². The Morgan fingerprint density at radius 3 is 2.58 bits per heavy atom. The van der Waals surface area contributed by atoms with Crippen LogP contribution in [0.3, 0.4) is 0 Å². The molecule has 0 spiro atoms. The highest BCUT2D eigenvalue weighted by molar-refractivity contribution is 8.01. The van der Waals surface area contributed by atoms with E-state index in [-0.39, 0.29) is 29.2 Å². The molecular formula is C18H14F4N2OS. The summed E-state index contributed by atoms with van der Waals surface area (Å²) >= 11 is -0.378. The van der Waals surface area contributed by atoms with Crippen LogP contribution in [0, 0.1) is 5.82 Å². The average Bonchev–Trinajstić information content (AvgIpc) is 2.60. The first-order valence-electron chi connectivity index (χ1n) is 7.73. The summed E-state index contributed by atoms with van der Waals surface area (Å²) in [4.78, 5) is 13.2. The van der Waals surface area contributed by atoms with E-state index < -0.39 is 11.3 Å². The normalized spacial score (nSPS) is 14.6. The lowest BCUT2D eigenvalue weighted by molar-refractivity contribution is -0.114. The first-order valence-corrected chi connectivity index (χ1v) is 8.54. The van der Waals surface area contributed by atoms with Crippen LogP contribution in [-0.4, -0.2) is 18.0 Å². The molecule has 1 aliphatic rings. The molecule has 1 N–H and O–H groups in total. The molecule has 136 valence electrons. The number of alkyl halides is 3. The second kappa shape index (κ2) is 7.41. The standard InChI is InChI=1S/C18H14F4N2OS/c19-14-11-12(8-9-16(14)24-10-4-3-7-17(24)25)13-5-1-2-6-15(13)23-26-18(20,21)22/h1-3,5-9,11,23H,4,10H2. The Labute approximate surface area is 151 Å². The fraction of sp³-hybridized carbons (Fsp3) is 0.167. The molecule has 1 aliphatic heterocycles. The van der Waals surface area contributed by atoms with Crippen molar-refractivity contribution in [3.63, 3.8) is 0 Å². The number of amides is 1. The van der Waals surface area contributed by atoms with Crippen LogP contribution >= 0.6 is 11.9 Å². The predicted octanol–water partition coefficient (Wildman–Crippen LogP) is 5.37. The minimum Gasteiger partial charge on any atom is -0.322 e. The van der Waals surface area contributed by atoms with E-state index in [0.29, 0.717) is 24.1 Å². The largest absolute Gasteiger partial charge is 0.461 e. The van der Waals surface area contributed by atoms with Gasteiger partial charge in [0.15, 0.2) is 0 Å². The average molecular weight is 382 g/mol. The van der Waals surface area contributed by atoms with Crippen molar-refractivity contribution in [3.05, 3.63) is 60.4 Å². The third kappa shape index (κ3) is 4.19. The summed E-state index contributed by atoms with van der Waals surface area (Å²) in [7, 11) is 0. The summed E-state index contributed by atoms with van der Waals surface area (Å²) in [6.45, 7) is 0.381. The maximum absolute atomic E-state index is 14.6. The molecule has 0 saturated carbocycles. The molecule has 2 aromatic rings. The van der Waals surface area contributed by atoms with E-state index in [1.807, 2.05) is 0 Å². The summed E-state index contributed by atoms with van der Waals surface area (Å²) in [5.41, 5.74) is -3.22. The van der Waals surface area contributed by atoms with Gasteiger partial charge in [-0.1, -0.05) is 30.3 Å². The smallest absolute Gasteiger partial charge is 0.322 e. The van der Waals surface area contributed by atoms with Crippen LogP contribution in [0.1, 0.15) is 6.42 Å². The second-order valence-corrected chi connectivity index (χ2v) is 6.41. The number of para-hydroxylation sites is 1. The Hall–Kier alpha value is -2.48. The van der Waals surface area contributed by atoms with Crippen LogP contribution in [0.15, 0.2) is 54.6 Å². The molecule has 8 heteroatoms. The highest BCUT2D eigenvalue weighted by Gasteiger charge is 2.29. The molecule has 0 atom stereocenters. The lowest BCUT2D eigenvalue weighted by Gasteiger charge is -2.24. The van der Waals surface area contributed by atoms with Gasteiger partial charge in [0.25, 0.3) is 5.91 Å². The number of nitrogens with one attached hydrogen (secondary N) is 1. The summed E-state index contributed by atoms with van der Waals surface area (Å²) < 4.78 is 54.1. The molecule has 2 aromatic carbocycles. The van der Waals surface area contributed by atoms with Gasteiger partial charge in [0.05, 0.1) is 23.3 Å². The molecular weight excluding hydrogens is 368 g/mol. The zero-order valence-electron chi connectivity index (χ0n) is 13.4. The van der Waals surface area contributed by atoms with Gasteiger partial charge < -0.3 is 9.62 Å². The van der Waals surface area contributed by atoms with E-state index in [1.54, 1.807) is 30.3 Å². The zero-order chi connectivity index (χ0) is 18.7. The Bertz CT molecular complexity index is 851. The van der Waals surface area contributed by atoms with Crippen molar-refractivity contribution in [2.75, 3.05) is 16.2 Å². The Morgan fingerprint density at radius 2 is 1.88 bits per heavy atom. The highest BCUT2D eigenvalue weighted by Crippen LogP contribution is 2.36. The van der Waals surface area contributed by atoms with Gasteiger partial charge in [0.2, 0.25) is 0 Å².